The van der Waals surface area contributed by atoms with E-state index in [1.807, 2.05) is 0 Å². The molecule has 4 aliphatic rings. The molecule has 0 radical (unpaired) electrons. The van der Waals surface area contributed by atoms with Gasteiger partial charge in [-0.25, -0.2) is 13.8 Å². The van der Waals surface area contributed by atoms with Crippen LogP contribution in [0.5, 0.6) is 0 Å². The molecule has 0 aromatic carbocycles. The van der Waals surface area contributed by atoms with Crippen LogP contribution >= 0.6 is 0 Å². The highest BCUT2D eigenvalue weighted by Gasteiger charge is 2.54. The highest BCUT2D eigenvalue weighted by molar-refractivity contribution is 6.38. The van der Waals surface area contributed by atoms with E-state index in [-0.39, 0.29) is 29.6 Å². The predicted octanol–water partition coefficient (Wildman–Crippen LogP) is 2.05. The third-order valence-corrected chi connectivity index (χ3v) is 10.2. The van der Waals surface area contributed by atoms with Crippen molar-refractivity contribution in [2.45, 2.75) is 134 Å². The molecule has 15 heteroatoms. The summed E-state index contributed by atoms with van der Waals surface area (Å²) in [5.74, 6) is -5.03. The molecule has 268 valence electrons. The zero-order valence-electron chi connectivity index (χ0n) is 28.3. The minimum absolute atomic E-state index is 0.0511. The fourth-order valence-electron chi connectivity index (χ4n) is 7.48. The summed E-state index contributed by atoms with van der Waals surface area (Å²) >= 11 is 0. The van der Waals surface area contributed by atoms with Gasteiger partial charge in [0.05, 0.1) is 6.20 Å². The summed E-state index contributed by atoms with van der Waals surface area (Å²) in [5, 5.41) is 10.6. The molecular formula is C34H47F2N7O6. The van der Waals surface area contributed by atoms with E-state index in [4.69, 9.17) is 0 Å². The molecule has 49 heavy (non-hydrogen) atoms. The maximum Gasteiger partial charge on any atom is 0.289 e. The van der Waals surface area contributed by atoms with Crippen LogP contribution in [0.15, 0.2) is 18.6 Å². The Balaban J connectivity index is 1.35. The Morgan fingerprint density at radius 3 is 2.24 bits per heavy atom. The number of nitrogens with zero attached hydrogens (tertiary/aromatic N) is 3. The summed E-state index contributed by atoms with van der Waals surface area (Å²) in [6.45, 7) is 5.34. The van der Waals surface area contributed by atoms with Gasteiger partial charge in [0.15, 0.2) is 0 Å². The Bertz CT molecular complexity index is 1410. The van der Waals surface area contributed by atoms with Crippen LogP contribution in [0, 0.1) is 17.3 Å². The molecule has 1 aromatic rings. The lowest BCUT2D eigenvalue weighted by Crippen LogP contribution is -2.64. The minimum Gasteiger partial charge on any atom is -0.347 e. The number of alkyl halides is 2. The van der Waals surface area contributed by atoms with Gasteiger partial charge >= 0.3 is 0 Å². The van der Waals surface area contributed by atoms with E-state index in [0.717, 1.165) is 19.3 Å². The van der Waals surface area contributed by atoms with Gasteiger partial charge in [0.2, 0.25) is 29.9 Å². The number of rotatable bonds is 13. The zero-order chi connectivity index (χ0) is 35.5. The summed E-state index contributed by atoms with van der Waals surface area (Å²) < 4.78 is 27.1. The van der Waals surface area contributed by atoms with Gasteiger partial charge in [0, 0.05) is 30.9 Å². The molecule has 6 atom stereocenters. The van der Waals surface area contributed by atoms with Gasteiger partial charge in [-0.2, -0.15) is 0 Å². The number of ketones is 1. The molecule has 3 saturated carbocycles. The molecule has 5 rings (SSSR count). The van der Waals surface area contributed by atoms with Crippen LogP contribution in [0.2, 0.25) is 0 Å². The SMILES string of the molecule is CC(C)(C)C(NC(=O)C(NC(=O)c1cnccn1)C1CCCCC1)C(=O)N1C2CCC(C2)C1C(=O)NC(CC(F)F)C(=O)C(=O)NC1CC1. The van der Waals surface area contributed by atoms with Crippen molar-refractivity contribution in [2.24, 2.45) is 17.3 Å². The second kappa shape index (κ2) is 15.2. The van der Waals surface area contributed by atoms with E-state index in [1.165, 1.54) is 23.5 Å². The molecule has 13 nitrogen and oxygen atoms in total. The average Bonchev–Trinajstić information content (AvgIpc) is 3.64. The Morgan fingerprint density at radius 1 is 0.918 bits per heavy atom. The first-order valence-electron chi connectivity index (χ1n) is 17.4. The Labute approximate surface area is 284 Å². The van der Waals surface area contributed by atoms with Crippen molar-refractivity contribution in [3.63, 3.8) is 0 Å². The van der Waals surface area contributed by atoms with E-state index < -0.39 is 77.7 Å². The van der Waals surface area contributed by atoms with E-state index in [2.05, 4.69) is 31.2 Å². The van der Waals surface area contributed by atoms with E-state index in [0.29, 0.717) is 44.9 Å². The average molecular weight is 688 g/mol. The number of piperidine rings is 1. The van der Waals surface area contributed by atoms with Crippen LogP contribution in [0.3, 0.4) is 0 Å². The number of aromatic nitrogens is 2. The van der Waals surface area contributed by atoms with Gasteiger partial charge in [0.1, 0.15) is 29.9 Å². The van der Waals surface area contributed by atoms with E-state index >= 15 is 0 Å². The van der Waals surface area contributed by atoms with Crippen molar-refractivity contribution in [3.8, 4) is 0 Å². The van der Waals surface area contributed by atoms with Gasteiger partial charge in [0.25, 0.3) is 11.8 Å². The maximum atomic E-state index is 14.5. The number of hydrogen-bond acceptors (Lipinski definition) is 8. The predicted molar refractivity (Wildman–Crippen MR) is 172 cm³/mol. The molecule has 2 heterocycles. The monoisotopic (exact) mass is 687 g/mol. The lowest BCUT2D eigenvalue weighted by atomic mass is 9.81. The van der Waals surface area contributed by atoms with Crippen molar-refractivity contribution in [2.75, 3.05) is 0 Å². The van der Waals surface area contributed by atoms with Crippen LogP contribution in [-0.2, 0) is 24.0 Å². The molecule has 2 bridgehead atoms. The largest absolute Gasteiger partial charge is 0.347 e. The van der Waals surface area contributed by atoms with Gasteiger partial charge in [-0.05, 0) is 62.2 Å². The Kier molecular flexibility index (Phi) is 11.3. The molecular weight excluding hydrogens is 640 g/mol. The van der Waals surface area contributed by atoms with Crippen molar-refractivity contribution in [3.05, 3.63) is 24.3 Å². The maximum absolute atomic E-state index is 14.5. The summed E-state index contributed by atoms with van der Waals surface area (Å²) in [6.07, 6.45) is 7.45. The standard InChI is InChI=1S/C34H47F2N7O6/c1-34(2,3)28(42-30(46)25(18-7-5-4-6-8-18)41-29(45)23-17-37-13-14-38-23)33(49)43-21-12-9-19(15-21)26(43)31(47)40-22(16-24(35)36)27(44)32(48)39-20-10-11-20/h13-14,17-22,24-26,28H,4-12,15-16H2,1-3H3,(H,39,48)(H,40,47)(H,41,45)(H,42,46). The second-order valence-electron chi connectivity index (χ2n) is 15.0. The molecule has 0 spiro atoms. The van der Waals surface area contributed by atoms with E-state index in [1.54, 1.807) is 20.8 Å². The first kappa shape index (κ1) is 36.2. The molecule has 6 unspecified atom stereocenters. The molecule has 1 aliphatic heterocycles. The molecule has 1 saturated heterocycles. The van der Waals surface area contributed by atoms with Gasteiger partial charge < -0.3 is 26.2 Å². The number of carbonyl (C=O) groups excluding carboxylic acids is 6. The summed E-state index contributed by atoms with van der Waals surface area (Å²) in [5.41, 5.74) is -0.786. The number of halogens is 2. The van der Waals surface area contributed by atoms with Gasteiger partial charge in [-0.1, -0.05) is 40.0 Å². The van der Waals surface area contributed by atoms with Crippen LogP contribution in [0.25, 0.3) is 0 Å². The quantitative estimate of drug-likeness (QED) is 0.228. The number of hydrogen-bond donors (Lipinski definition) is 4. The highest BCUT2D eigenvalue weighted by atomic mass is 19.3. The number of amides is 5. The van der Waals surface area contributed by atoms with Crippen LogP contribution in [0.1, 0.15) is 102 Å². The second-order valence-corrected chi connectivity index (χ2v) is 15.0. The number of nitrogens with one attached hydrogen (secondary N) is 4. The summed E-state index contributed by atoms with van der Waals surface area (Å²) in [4.78, 5) is 90.2. The Morgan fingerprint density at radius 2 is 1.63 bits per heavy atom. The van der Waals surface area contributed by atoms with Crippen molar-refractivity contribution >= 4 is 35.3 Å². The first-order chi connectivity index (χ1) is 23.2. The number of Topliss-reactive ketones (excluding diaryl/α,β-unsaturated/α-hetero) is 1. The summed E-state index contributed by atoms with van der Waals surface area (Å²) in [7, 11) is 0. The molecule has 4 N–H and O–H groups in total. The van der Waals surface area contributed by atoms with Crippen molar-refractivity contribution in [1.29, 1.82) is 0 Å². The number of likely N-dealkylation sites (tertiary alicyclic amines) is 1. The minimum atomic E-state index is -2.97. The molecule has 5 amide bonds. The van der Waals surface area contributed by atoms with Crippen molar-refractivity contribution < 1.29 is 37.5 Å². The summed E-state index contributed by atoms with van der Waals surface area (Å²) in [6, 6.07) is -5.41. The third kappa shape index (κ3) is 8.77. The third-order valence-electron chi connectivity index (χ3n) is 10.2. The number of fused-ring (bicyclic) bond motifs is 2. The van der Waals surface area contributed by atoms with E-state index in [9.17, 15) is 37.5 Å². The normalized spacial score (nSPS) is 24.1. The highest BCUT2D eigenvalue weighted by Crippen LogP contribution is 2.44. The fraction of sp³-hybridized carbons (Fsp3) is 0.706. The van der Waals surface area contributed by atoms with Gasteiger partial charge in [-0.15, -0.1) is 0 Å². The van der Waals surface area contributed by atoms with Gasteiger partial charge in [-0.3, -0.25) is 33.8 Å². The smallest absolute Gasteiger partial charge is 0.289 e. The topological polar surface area (TPSA) is 180 Å². The van der Waals surface area contributed by atoms with Crippen molar-refractivity contribution in [1.82, 2.24) is 36.1 Å². The fourth-order valence-corrected chi connectivity index (χ4v) is 7.48. The van der Waals surface area contributed by atoms with Crippen LogP contribution in [0.4, 0.5) is 8.78 Å². The Hall–Kier alpha value is -4.04. The van der Waals surface area contributed by atoms with Crippen LogP contribution < -0.4 is 21.3 Å². The molecule has 3 aliphatic carbocycles. The lowest BCUT2D eigenvalue weighted by molar-refractivity contribution is -0.149. The lowest BCUT2D eigenvalue weighted by Gasteiger charge is -2.41. The molecule has 4 fully saturated rings. The first-order valence-corrected chi connectivity index (χ1v) is 17.4. The molecule has 1 aromatic heterocycles. The number of carbonyl (C=O) groups is 6. The zero-order valence-corrected chi connectivity index (χ0v) is 28.3. The van der Waals surface area contributed by atoms with Crippen LogP contribution in [-0.4, -0.2) is 92.9 Å².